The SMILES string of the molecule is FC(F)Oc1ccc2cc[nH]c2c1. The molecule has 0 aliphatic heterocycles. The first-order valence-electron chi connectivity index (χ1n) is 3.77. The highest BCUT2D eigenvalue weighted by Gasteiger charge is 2.04. The van der Waals surface area contributed by atoms with Crippen LogP contribution in [0.4, 0.5) is 8.78 Å². The fourth-order valence-electron chi connectivity index (χ4n) is 1.20. The molecule has 13 heavy (non-hydrogen) atoms. The van der Waals surface area contributed by atoms with Crippen molar-refractivity contribution in [3.05, 3.63) is 30.5 Å². The predicted octanol–water partition coefficient (Wildman–Crippen LogP) is 2.77. The summed E-state index contributed by atoms with van der Waals surface area (Å²) in [4.78, 5) is 2.91. The van der Waals surface area contributed by atoms with E-state index in [4.69, 9.17) is 0 Å². The highest BCUT2D eigenvalue weighted by molar-refractivity contribution is 5.80. The molecule has 0 atom stereocenters. The number of aromatic amines is 1. The standard InChI is InChI=1S/C9H7F2NO/c10-9(11)13-7-2-1-6-3-4-12-8(6)5-7/h1-5,9,12H. The minimum Gasteiger partial charge on any atom is -0.435 e. The topological polar surface area (TPSA) is 25.0 Å². The highest BCUT2D eigenvalue weighted by Crippen LogP contribution is 2.20. The van der Waals surface area contributed by atoms with E-state index in [-0.39, 0.29) is 5.75 Å². The predicted molar refractivity (Wildman–Crippen MR) is 44.9 cm³/mol. The lowest BCUT2D eigenvalue weighted by molar-refractivity contribution is -0.0497. The first-order valence-corrected chi connectivity index (χ1v) is 3.77. The minimum absolute atomic E-state index is 0.171. The molecule has 4 heteroatoms. The van der Waals surface area contributed by atoms with Crippen molar-refractivity contribution in [1.29, 1.82) is 0 Å². The molecule has 2 rings (SSSR count). The van der Waals surface area contributed by atoms with Gasteiger partial charge in [-0.25, -0.2) is 0 Å². The van der Waals surface area contributed by atoms with Crippen molar-refractivity contribution in [1.82, 2.24) is 4.98 Å². The lowest BCUT2D eigenvalue weighted by atomic mass is 10.2. The van der Waals surface area contributed by atoms with Crippen molar-refractivity contribution in [2.75, 3.05) is 0 Å². The summed E-state index contributed by atoms with van der Waals surface area (Å²) in [5.74, 6) is 0.171. The zero-order chi connectivity index (χ0) is 9.26. The van der Waals surface area contributed by atoms with Crippen LogP contribution in [0, 0.1) is 0 Å². The molecule has 1 N–H and O–H groups in total. The van der Waals surface area contributed by atoms with Crippen LogP contribution in [0.15, 0.2) is 30.5 Å². The average Bonchev–Trinajstić information content (AvgIpc) is 2.49. The summed E-state index contributed by atoms with van der Waals surface area (Å²) in [5.41, 5.74) is 0.790. The normalized spacial score (nSPS) is 11.0. The van der Waals surface area contributed by atoms with Crippen molar-refractivity contribution in [3.63, 3.8) is 0 Å². The molecule has 0 saturated heterocycles. The van der Waals surface area contributed by atoms with Gasteiger partial charge in [0.2, 0.25) is 0 Å². The van der Waals surface area contributed by atoms with Gasteiger partial charge in [-0.3, -0.25) is 0 Å². The van der Waals surface area contributed by atoms with Crippen molar-refractivity contribution >= 4 is 10.9 Å². The van der Waals surface area contributed by atoms with Gasteiger partial charge in [-0.1, -0.05) is 0 Å². The van der Waals surface area contributed by atoms with Crippen molar-refractivity contribution in [2.24, 2.45) is 0 Å². The quantitative estimate of drug-likeness (QED) is 0.760. The Labute approximate surface area is 73.1 Å². The number of rotatable bonds is 2. The van der Waals surface area contributed by atoms with Gasteiger partial charge < -0.3 is 9.72 Å². The maximum Gasteiger partial charge on any atom is 0.387 e. The summed E-state index contributed by atoms with van der Waals surface area (Å²) in [6.45, 7) is -2.77. The third-order valence-electron chi connectivity index (χ3n) is 1.75. The van der Waals surface area contributed by atoms with E-state index < -0.39 is 6.61 Å². The van der Waals surface area contributed by atoms with Gasteiger partial charge in [0.1, 0.15) is 5.75 Å². The molecule has 1 aromatic carbocycles. The molecule has 0 spiro atoms. The number of hydrogen-bond acceptors (Lipinski definition) is 1. The number of benzene rings is 1. The Kier molecular flexibility index (Phi) is 1.88. The van der Waals surface area contributed by atoms with E-state index in [0.717, 1.165) is 10.9 Å². The molecule has 68 valence electrons. The van der Waals surface area contributed by atoms with E-state index in [1.54, 1.807) is 18.3 Å². The zero-order valence-corrected chi connectivity index (χ0v) is 6.63. The fraction of sp³-hybridized carbons (Fsp3) is 0.111. The van der Waals surface area contributed by atoms with Gasteiger partial charge in [0.25, 0.3) is 0 Å². The molecular weight excluding hydrogens is 176 g/mol. The van der Waals surface area contributed by atoms with Gasteiger partial charge in [0.05, 0.1) is 0 Å². The molecule has 0 unspecified atom stereocenters. The second kappa shape index (κ2) is 3.05. The van der Waals surface area contributed by atoms with Crippen LogP contribution in [-0.4, -0.2) is 11.6 Å². The zero-order valence-electron chi connectivity index (χ0n) is 6.63. The lowest BCUT2D eigenvalue weighted by Gasteiger charge is -2.03. The highest BCUT2D eigenvalue weighted by atomic mass is 19.3. The summed E-state index contributed by atoms with van der Waals surface area (Å²) in [5, 5.41) is 0.974. The number of aromatic nitrogens is 1. The third-order valence-corrected chi connectivity index (χ3v) is 1.75. The van der Waals surface area contributed by atoms with Crippen LogP contribution in [0.2, 0.25) is 0 Å². The van der Waals surface area contributed by atoms with Crippen LogP contribution in [0.25, 0.3) is 10.9 Å². The second-order valence-corrected chi connectivity index (χ2v) is 2.61. The second-order valence-electron chi connectivity index (χ2n) is 2.61. The molecule has 2 nitrogen and oxygen atoms in total. The molecule has 0 aliphatic carbocycles. The van der Waals surface area contributed by atoms with Crippen LogP contribution in [0.3, 0.4) is 0 Å². The Morgan fingerprint density at radius 1 is 1.23 bits per heavy atom. The summed E-state index contributed by atoms with van der Waals surface area (Å²) in [6, 6.07) is 6.65. The number of hydrogen-bond donors (Lipinski definition) is 1. The first-order chi connectivity index (χ1) is 6.25. The molecule has 0 fully saturated rings. The Morgan fingerprint density at radius 2 is 2.08 bits per heavy atom. The van der Waals surface area contributed by atoms with Gasteiger partial charge in [0, 0.05) is 17.8 Å². The lowest BCUT2D eigenvalue weighted by Crippen LogP contribution is -2.01. The molecular formula is C9H7F2NO. The van der Waals surface area contributed by atoms with E-state index in [0.29, 0.717) is 0 Å². The Morgan fingerprint density at radius 3 is 2.85 bits per heavy atom. The number of H-pyrrole nitrogens is 1. The third kappa shape index (κ3) is 1.61. The number of alkyl halides is 2. The van der Waals surface area contributed by atoms with Crippen molar-refractivity contribution in [3.8, 4) is 5.75 Å². The number of nitrogens with one attached hydrogen (secondary N) is 1. The number of halogens is 2. The van der Waals surface area contributed by atoms with Crippen LogP contribution in [0.5, 0.6) is 5.75 Å². The van der Waals surface area contributed by atoms with Crippen LogP contribution in [-0.2, 0) is 0 Å². The Bertz CT molecular complexity index is 411. The fourth-order valence-corrected chi connectivity index (χ4v) is 1.20. The van der Waals surface area contributed by atoms with E-state index in [1.165, 1.54) is 6.07 Å². The van der Waals surface area contributed by atoms with E-state index in [1.807, 2.05) is 6.07 Å². The largest absolute Gasteiger partial charge is 0.435 e. The monoisotopic (exact) mass is 183 g/mol. The molecule has 0 aliphatic rings. The average molecular weight is 183 g/mol. The van der Waals surface area contributed by atoms with E-state index in [9.17, 15) is 8.78 Å². The minimum atomic E-state index is -2.77. The van der Waals surface area contributed by atoms with Crippen LogP contribution < -0.4 is 4.74 Å². The van der Waals surface area contributed by atoms with Crippen molar-refractivity contribution in [2.45, 2.75) is 6.61 Å². The Balaban J connectivity index is 2.37. The van der Waals surface area contributed by atoms with Gasteiger partial charge in [-0.05, 0) is 23.6 Å². The molecule has 0 radical (unpaired) electrons. The van der Waals surface area contributed by atoms with Gasteiger partial charge in [-0.2, -0.15) is 8.78 Å². The van der Waals surface area contributed by atoms with Gasteiger partial charge >= 0.3 is 6.61 Å². The molecule has 0 saturated carbocycles. The van der Waals surface area contributed by atoms with E-state index >= 15 is 0 Å². The van der Waals surface area contributed by atoms with Crippen molar-refractivity contribution < 1.29 is 13.5 Å². The summed E-state index contributed by atoms with van der Waals surface area (Å²) >= 11 is 0. The molecule has 1 heterocycles. The molecule has 0 bridgehead atoms. The first kappa shape index (κ1) is 8.04. The maximum absolute atomic E-state index is 11.8. The van der Waals surface area contributed by atoms with Gasteiger partial charge in [0.15, 0.2) is 0 Å². The molecule has 0 amide bonds. The summed E-state index contributed by atoms with van der Waals surface area (Å²) < 4.78 is 27.9. The molecule has 2 aromatic rings. The maximum atomic E-state index is 11.8. The summed E-state index contributed by atoms with van der Waals surface area (Å²) in [6.07, 6.45) is 1.75. The molecule has 1 aromatic heterocycles. The Hall–Kier alpha value is -1.58. The van der Waals surface area contributed by atoms with Gasteiger partial charge in [-0.15, -0.1) is 0 Å². The smallest absolute Gasteiger partial charge is 0.387 e. The summed E-state index contributed by atoms with van der Waals surface area (Å²) in [7, 11) is 0. The van der Waals surface area contributed by atoms with E-state index in [2.05, 4.69) is 9.72 Å². The number of ether oxygens (including phenoxy) is 1. The van der Waals surface area contributed by atoms with Crippen LogP contribution >= 0.6 is 0 Å². The number of fused-ring (bicyclic) bond motifs is 1. The van der Waals surface area contributed by atoms with Crippen LogP contribution in [0.1, 0.15) is 0 Å².